The van der Waals surface area contributed by atoms with Crippen LogP contribution in [0, 0.1) is 0 Å². The Kier molecular flexibility index (Phi) is 11.0. The second-order valence-corrected chi connectivity index (χ2v) is 4.98. The second-order valence-electron chi connectivity index (χ2n) is 4.98. The van der Waals surface area contributed by atoms with Gasteiger partial charge in [0.1, 0.15) is 0 Å². The van der Waals surface area contributed by atoms with Gasteiger partial charge in [0.05, 0.1) is 0 Å². The lowest BCUT2D eigenvalue weighted by atomic mass is 10.00. The first-order valence-corrected chi connectivity index (χ1v) is 7.12. The van der Waals surface area contributed by atoms with Crippen LogP contribution in [0.2, 0.25) is 0 Å². The van der Waals surface area contributed by atoms with E-state index in [2.05, 4.69) is 20.4 Å². The highest BCUT2D eigenvalue weighted by molar-refractivity contribution is 4.95. The van der Waals surface area contributed by atoms with Gasteiger partial charge in [-0.1, -0.05) is 70.9 Å². The smallest absolute Gasteiger partial charge is 0.00759 e. The van der Waals surface area contributed by atoms with Gasteiger partial charge < -0.3 is 5.73 Å². The first-order valence-electron chi connectivity index (χ1n) is 7.12. The van der Waals surface area contributed by atoms with Crippen LogP contribution in [-0.4, -0.2) is 6.04 Å². The molecular weight excluding hydrogens is 194 g/mol. The summed E-state index contributed by atoms with van der Waals surface area (Å²) in [5.74, 6) is 0. The maximum Gasteiger partial charge on any atom is 0.00759 e. The van der Waals surface area contributed by atoms with E-state index in [0.717, 1.165) is 12.8 Å². The van der Waals surface area contributed by atoms with Crippen LogP contribution in [0.15, 0.2) is 12.2 Å². The van der Waals surface area contributed by atoms with Crippen LogP contribution in [0.3, 0.4) is 0 Å². The molecule has 1 unspecified atom stereocenters. The summed E-state index contributed by atoms with van der Waals surface area (Å²) in [7, 11) is 0. The fourth-order valence-corrected chi connectivity index (χ4v) is 1.98. The van der Waals surface area contributed by atoms with Gasteiger partial charge in [-0.15, -0.1) is 0 Å². The molecule has 16 heavy (non-hydrogen) atoms. The molecule has 0 spiro atoms. The van der Waals surface area contributed by atoms with Gasteiger partial charge in [0.15, 0.2) is 0 Å². The molecule has 0 aromatic rings. The summed E-state index contributed by atoms with van der Waals surface area (Å²) >= 11 is 0. The van der Waals surface area contributed by atoms with E-state index in [4.69, 9.17) is 5.73 Å². The van der Waals surface area contributed by atoms with Gasteiger partial charge in [0.2, 0.25) is 0 Å². The summed E-state index contributed by atoms with van der Waals surface area (Å²) < 4.78 is 0. The Hall–Kier alpha value is -0.300. The van der Waals surface area contributed by atoms with Crippen molar-refractivity contribution in [1.29, 1.82) is 0 Å². The summed E-state index contributed by atoms with van der Waals surface area (Å²) in [4.78, 5) is 0. The molecule has 0 aliphatic carbocycles. The number of hydrogen-bond acceptors (Lipinski definition) is 1. The molecule has 0 bridgehead atoms. The highest BCUT2D eigenvalue weighted by atomic mass is 14.6. The van der Waals surface area contributed by atoms with Crippen molar-refractivity contribution in [3.63, 3.8) is 0 Å². The molecule has 0 saturated heterocycles. The quantitative estimate of drug-likeness (QED) is 0.396. The Balaban J connectivity index is 3.21. The molecular formula is C15H31N. The minimum absolute atomic E-state index is 0.350. The standard InChI is InChI=1S/C15H31N/c1-4-6-7-8-9-10-11-12-15(16)13-14(3)5-2/h15H,3-13,16H2,1-2H3. The summed E-state index contributed by atoms with van der Waals surface area (Å²) in [6.07, 6.45) is 12.9. The maximum absolute atomic E-state index is 6.05. The highest BCUT2D eigenvalue weighted by Crippen LogP contribution is 2.13. The van der Waals surface area contributed by atoms with Crippen LogP contribution in [0.5, 0.6) is 0 Å². The van der Waals surface area contributed by atoms with Crippen molar-refractivity contribution in [3.05, 3.63) is 12.2 Å². The van der Waals surface area contributed by atoms with Gasteiger partial charge >= 0.3 is 0 Å². The number of rotatable bonds is 11. The normalized spacial score (nSPS) is 12.7. The van der Waals surface area contributed by atoms with Gasteiger partial charge in [0.25, 0.3) is 0 Å². The average molecular weight is 225 g/mol. The maximum atomic E-state index is 6.05. The molecule has 0 fully saturated rings. The topological polar surface area (TPSA) is 26.0 Å². The largest absolute Gasteiger partial charge is 0.327 e. The Morgan fingerprint density at radius 2 is 1.56 bits per heavy atom. The summed E-state index contributed by atoms with van der Waals surface area (Å²) in [5, 5.41) is 0. The predicted molar refractivity (Wildman–Crippen MR) is 74.6 cm³/mol. The molecule has 0 amide bonds. The monoisotopic (exact) mass is 225 g/mol. The minimum atomic E-state index is 0.350. The number of hydrogen-bond donors (Lipinski definition) is 1. The molecule has 0 heterocycles. The minimum Gasteiger partial charge on any atom is -0.327 e. The van der Waals surface area contributed by atoms with Gasteiger partial charge in [-0.2, -0.15) is 0 Å². The van der Waals surface area contributed by atoms with E-state index in [-0.39, 0.29) is 0 Å². The highest BCUT2D eigenvalue weighted by Gasteiger charge is 2.03. The van der Waals surface area contributed by atoms with E-state index >= 15 is 0 Å². The summed E-state index contributed by atoms with van der Waals surface area (Å²) in [6.45, 7) is 8.43. The third kappa shape index (κ3) is 10.2. The van der Waals surface area contributed by atoms with Gasteiger partial charge in [-0.3, -0.25) is 0 Å². The van der Waals surface area contributed by atoms with E-state index in [1.54, 1.807) is 0 Å². The zero-order valence-electron chi connectivity index (χ0n) is 11.4. The fourth-order valence-electron chi connectivity index (χ4n) is 1.98. The number of nitrogens with two attached hydrogens (primary N) is 1. The van der Waals surface area contributed by atoms with E-state index in [0.29, 0.717) is 6.04 Å². The molecule has 0 radical (unpaired) electrons. The average Bonchev–Trinajstić information content (AvgIpc) is 2.27. The van der Waals surface area contributed by atoms with Crippen molar-refractivity contribution in [2.75, 3.05) is 0 Å². The van der Waals surface area contributed by atoms with E-state index < -0.39 is 0 Å². The molecule has 0 saturated carbocycles. The SMILES string of the molecule is C=C(CC)CC(N)CCCCCCCCC. The second kappa shape index (κ2) is 11.2. The van der Waals surface area contributed by atoms with Gasteiger partial charge in [0, 0.05) is 6.04 Å². The predicted octanol–water partition coefficient (Wildman–Crippen LogP) is 4.81. The molecule has 0 aliphatic rings. The van der Waals surface area contributed by atoms with E-state index in [1.807, 2.05) is 0 Å². The van der Waals surface area contributed by atoms with Crippen molar-refractivity contribution in [2.24, 2.45) is 5.73 Å². The van der Waals surface area contributed by atoms with Crippen LogP contribution in [-0.2, 0) is 0 Å². The van der Waals surface area contributed by atoms with E-state index in [1.165, 1.54) is 56.9 Å². The Bertz CT molecular complexity index is 163. The molecule has 0 aromatic carbocycles. The van der Waals surface area contributed by atoms with Gasteiger partial charge in [-0.25, -0.2) is 0 Å². The molecule has 1 nitrogen and oxygen atoms in total. The third-order valence-electron chi connectivity index (χ3n) is 3.23. The van der Waals surface area contributed by atoms with Crippen LogP contribution in [0.4, 0.5) is 0 Å². The Morgan fingerprint density at radius 1 is 1.00 bits per heavy atom. The zero-order valence-corrected chi connectivity index (χ0v) is 11.4. The molecule has 0 aliphatic heterocycles. The lowest BCUT2D eigenvalue weighted by Gasteiger charge is -2.12. The zero-order chi connectivity index (χ0) is 12.2. The lowest BCUT2D eigenvalue weighted by Crippen LogP contribution is -2.20. The Morgan fingerprint density at radius 3 is 2.12 bits per heavy atom. The molecule has 0 aromatic heterocycles. The van der Waals surface area contributed by atoms with Gasteiger partial charge in [-0.05, 0) is 19.3 Å². The lowest BCUT2D eigenvalue weighted by molar-refractivity contribution is 0.525. The number of unbranched alkanes of at least 4 members (excludes halogenated alkanes) is 6. The first-order chi connectivity index (χ1) is 7.70. The van der Waals surface area contributed by atoms with Crippen molar-refractivity contribution >= 4 is 0 Å². The van der Waals surface area contributed by atoms with Crippen LogP contribution < -0.4 is 5.73 Å². The first kappa shape index (κ1) is 15.7. The third-order valence-corrected chi connectivity index (χ3v) is 3.23. The molecule has 0 rings (SSSR count). The molecule has 1 heteroatoms. The molecule has 2 N–H and O–H groups in total. The van der Waals surface area contributed by atoms with E-state index in [9.17, 15) is 0 Å². The Labute approximate surface area is 102 Å². The van der Waals surface area contributed by atoms with Crippen LogP contribution in [0.1, 0.15) is 78.1 Å². The summed E-state index contributed by atoms with van der Waals surface area (Å²) in [5.41, 5.74) is 7.35. The van der Waals surface area contributed by atoms with Crippen molar-refractivity contribution in [2.45, 2.75) is 84.1 Å². The fraction of sp³-hybridized carbons (Fsp3) is 0.867. The van der Waals surface area contributed by atoms with Crippen LogP contribution in [0.25, 0.3) is 0 Å². The van der Waals surface area contributed by atoms with Crippen molar-refractivity contribution < 1.29 is 0 Å². The van der Waals surface area contributed by atoms with Crippen molar-refractivity contribution in [3.8, 4) is 0 Å². The van der Waals surface area contributed by atoms with Crippen molar-refractivity contribution in [1.82, 2.24) is 0 Å². The molecule has 1 atom stereocenters. The van der Waals surface area contributed by atoms with Crippen LogP contribution >= 0.6 is 0 Å². The summed E-state index contributed by atoms with van der Waals surface area (Å²) in [6, 6.07) is 0.350. The molecule has 96 valence electrons.